The summed E-state index contributed by atoms with van der Waals surface area (Å²) in [4.78, 5) is 0. The molecule has 1 radical (unpaired) electrons. The molecular formula is C30H61. The number of hydrogen-bond acceptors (Lipinski definition) is 0. The fourth-order valence-corrected chi connectivity index (χ4v) is 4.88. The van der Waals surface area contributed by atoms with Gasteiger partial charge < -0.3 is 0 Å². The third-order valence-corrected chi connectivity index (χ3v) is 7.04. The Balaban J connectivity index is 3.40. The third kappa shape index (κ3) is 24.3. The van der Waals surface area contributed by atoms with Crippen LogP contribution < -0.4 is 0 Å². The zero-order chi connectivity index (χ0) is 22.0. The van der Waals surface area contributed by atoms with Gasteiger partial charge in [0.25, 0.3) is 0 Å². The maximum Gasteiger partial charge on any atom is -0.0414 e. The fourth-order valence-electron chi connectivity index (χ4n) is 4.88. The lowest BCUT2D eigenvalue weighted by Crippen LogP contribution is -2.01. The van der Waals surface area contributed by atoms with Crippen molar-refractivity contribution in [3.63, 3.8) is 0 Å². The highest BCUT2D eigenvalue weighted by Crippen LogP contribution is 2.24. The SMILES string of the molecule is [CH2]CCCCC(CCCCCC)CCCCCCCCCCCCCCCCCC. The van der Waals surface area contributed by atoms with Gasteiger partial charge >= 0.3 is 0 Å². The first kappa shape index (κ1) is 30.0. The molecule has 0 N–H and O–H groups in total. The summed E-state index contributed by atoms with van der Waals surface area (Å²) < 4.78 is 0. The Morgan fingerprint density at radius 3 is 0.967 bits per heavy atom. The van der Waals surface area contributed by atoms with E-state index in [0.29, 0.717) is 0 Å². The molecular weight excluding hydrogens is 360 g/mol. The topological polar surface area (TPSA) is 0 Å². The average molecular weight is 422 g/mol. The van der Waals surface area contributed by atoms with E-state index in [9.17, 15) is 0 Å². The second kappa shape index (κ2) is 27.0. The molecule has 181 valence electrons. The normalized spacial score (nSPS) is 12.5. The Morgan fingerprint density at radius 2 is 0.633 bits per heavy atom. The quantitative estimate of drug-likeness (QED) is 0.122. The van der Waals surface area contributed by atoms with Crippen LogP contribution in [0.3, 0.4) is 0 Å². The molecule has 0 saturated heterocycles. The molecule has 1 unspecified atom stereocenters. The molecule has 1 atom stereocenters. The first-order valence-corrected chi connectivity index (χ1v) is 14.6. The Bertz CT molecular complexity index is 282. The van der Waals surface area contributed by atoms with Crippen molar-refractivity contribution in [3.05, 3.63) is 6.92 Å². The summed E-state index contributed by atoms with van der Waals surface area (Å²) in [5.74, 6) is 1.01. The van der Waals surface area contributed by atoms with Gasteiger partial charge in [-0.25, -0.2) is 0 Å². The van der Waals surface area contributed by atoms with Gasteiger partial charge in [0.1, 0.15) is 0 Å². The summed E-state index contributed by atoms with van der Waals surface area (Å²) in [6.45, 7) is 8.64. The minimum Gasteiger partial charge on any atom is -0.0654 e. The summed E-state index contributed by atoms with van der Waals surface area (Å²) in [6.07, 6.45) is 37.7. The maximum absolute atomic E-state index is 4.02. The van der Waals surface area contributed by atoms with E-state index in [4.69, 9.17) is 0 Å². The van der Waals surface area contributed by atoms with Gasteiger partial charge in [-0.05, 0) is 5.92 Å². The van der Waals surface area contributed by atoms with Crippen LogP contribution in [0.15, 0.2) is 0 Å². The van der Waals surface area contributed by atoms with E-state index in [1.165, 1.54) is 161 Å². The molecule has 0 spiro atoms. The lowest BCUT2D eigenvalue weighted by atomic mass is 9.90. The van der Waals surface area contributed by atoms with Crippen LogP contribution in [0.1, 0.15) is 181 Å². The van der Waals surface area contributed by atoms with E-state index in [1.54, 1.807) is 0 Å². The van der Waals surface area contributed by atoms with Gasteiger partial charge in [-0.2, -0.15) is 0 Å². The Labute approximate surface area is 193 Å². The molecule has 30 heavy (non-hydrogen) atoms. The van der Waals surface area contributed by atoms with Crippen LogP contribution in [0.25, 0.3) is 0 Å². The summed E-state index contributed by atoms with van der Waals surface area (Å²) in [6, 6.07) is 0. The van der Waals surface area contributed by atoms with E-state index in [1.807, 2.05) is 0 Å². The predicted octanol–water partition coefficient (Wildman–Crippen LogP) is 11.6. The number of rotatable bonds is 26. The molecule has 0 heterocycles. The van der Waals surface area contributed by atoms with E-state index in [2.05, 4.69) is 20.8 Å². The molecule has 0 aromatic heterocycles. The molecule has 0 aliphatic carbocycles. The molecule has 0 aromatic carbocycles. The van der Waals surface area contributed by atoms with Crippen LogP contribution in [0.2, 0.25) is 0 Å². The van der Waals surface area contributed by atoms with Gasteiger partial charge in [-0.1, -0.05) is 188 Å². The Kier molecular flexibility index (Phi) is 27.0. The van der Waals surface area contributed by atoms with Crippen LogP contribution >= 0.6 is 0 Å². The molecule has 0 fully saturated rings. The molecule has 0 nitrogen and oxygen atoms in total. The standard InChI is InChI=1S/C30H61/c1-4-7-10-12-13-14-15-16-17-18-19-20-21-22-23-26-29-30(27-24-9-6-3)28-25-11-8-5-2/h30H,3-29H2,1-2H3. The van der Waals surface area contributed by atoms with Crippen molar-refractivity contribution < 1.29 is 0 Å². The molecule has 0 heteroatoms. The van der Waals surface area contributed by atoms with Crippen LogP contribution in [0, 0.1) is 12.8 Å². The van der Waals surface area contributed by atoms with Crippen molar-refractivity contribution in [3.8, 4) is 0 Å². The van der Waals surface area contributed by atoms with Crippen molar-refractivity contribution in [2.45, 2.75) is 181 Å². The fraction of sp³-hybridized carbons (Fsp3) is 0.967. The van der Waals surface area contributed by atoms with E-state index < -0.39 is 0 Å². The largest absolute Gasteiger partial charge is 0.0654 e. The average Bonchev–Trinajstić information content (AvgIpc) is 2.76. The van der Waals surface area contributed by atoms with Gasteiger partial charge in [0.15, 0.2) is 0 Å². The Morgan fingerprint density at radius 1 is 0.367 bits per heavy atom. The molecule has 0 bridgehead atoms. The molecule has 0 aromatic rings. The Hall–Kier alpha value is 0. The van der Waals surface area contributed by atoms with Gasteiger partial charge in [0.05, 0.1) is 0 Å². The van der Waals surface area contributed by atoms with Gasteiger partial charge in [-0.3, -0.25) is 0 Å². The van der Waals surface area contributed by atoms with Crippen LogP contribution in [-0.4, -0.2) is 0 Å². The van der Waals surface area contributed by atoms with Crippen molar-refractivity contribution in [1.82, 2.24) is 0 Å². The van der Waals surface area contributed by atoms with E-state index in [-0.39, 0.29) is 0 Å². The summed E-state index contributed by atoms with van der Waals surface area (Å²) in [5.41, 5.74) is 0. The first-order chi connectivity index (χ1) is 14.8. The zero-order valence-corrected chi connectivity index (χ0v) is 21.7. The van der Waals surface area contributed by atoms with Gasteiger partial charge in [0, 0.05) is 0 Å². The van der Waals surface area contributed by atoms with Crippen molar-refractivity contribution in [1.29, 1.82) is 0 Å². The molecule has 0 saturated carbocycles. The molecule has 0 aliphatic rings. The minimum atomic E-state index is 1.01. The molecule has 0 rings (SSSR count). The monoisotopic (exact) mass is 421 g/mol. The van der Waals surface area contributed by atoms with Crippen LogP contribution in [-0.2, 0) is 0 Å². The molecule has 0 aliphatic heterocycles. The highest BCUT2D eigenvalue weighted by molar-refractivity contribution is 4.62. The van der Waals surface area contributed by atoms with Crippen molar-refractivity contribution in [2.75, 3.05) is 0 Å². The molecule has 0 amide bonds. The summed E-state index contributed by atoms with van der Waals surface area (Å²) >= 11 is 0. The van der Waals surface area contributed by atoms with Gasteiger partial charge in [0.2, 0.25) is 0 Å². The number of hydrogen-bond donors (Lipinski definition) is 0. The van der Waals surface area contributed by atoms with E-state index >= 15 is 0 Å². The smallest absolute Gasteiger partial charge is 0.0414 e. The maximum atomic E-state index is 4.02. The highest BCUT2D eigenvalue weighted by atomic mass is 14.1. The third-order valence-electron chi connectivity index (χ3n) is 7.04. The van der Waals surface area contributed by atoms with Crippen molar-refractivity contribution >= 4 is 0 Å². The predicted molar refractivity (Wildman–Crippen MR) is 140 cm³/mol. The second-order valence-electron chi connectivity index (χ2n) is 10.2. The van der Waals surface area contributed by atoms with Crippen molar-refractivity contribution in [2.24, 2.45) is 5.92 Å². The van der Waals surface area contributed by atoms with Crippen LogP contribution in [0.5, 0.6) is 0 Å². The van der Waals surface area contributed by atoms with Crippen LogP contribution in [0.4, 0.5) is 0 Å². The highest BCUT2D eigenvalue weighted by Gasteiger charge is 2.08. The minimum absolute atomic E-state index is 1.01. The van der Waals surface area contributed by atoms with Gasteiger partial charge in [-0.15, -0.1) is 0 Å². The summed E-state index contributed by atoms with van der Waals surface area (Å²) in [5, 5.41) is 0. The lowest BCUT2D eigenvalue weighted by Gasteiger charge is -2.16. The summed E-state index contributed by atoms with van der Waals surface area (Å²) in [7, 11) is 0. The second-order valence-corrected chi connectivity index (χ2v) is 10.2. The zero-order valence-electron chi connectivity index (χ0n) is 21.7. The lowest BCUT2D eigenvalue weighted by molar-refractivity contribution is 0.369. The number of unbranched alkanes of at least 4 members (excludes halogenated alkanes) is 20. The first-order valence-electron chi connectivity index (χ1n) is 14.6. The van der Waals surface area contributed by atoms with E-state index in [0.717, 1.165) is 12.3 Å².